The second-order valence-corrected chi connectivity index (χ2v) is 3.67. The van der Waals surface area contributed by atoms with Crippen LogP contribution < -0.4 is 4.74 Å². The number of nitrogens with zero attached hydrogens (tertiary/aromatic N) is 4. The highest BCUT2D eigenvalue weighted by Crippen LogP contribution is 2.28. The van der Waals surface area contributed by atoms with E-state index < -0.39 is 0 Å². The molecule has 0 aliphatic carbocycles. The van der Waals surface area contributed by atoms with Crippen LogP contribution in [0.2, 0.25) is 0 Å². The van der Waals surface area contributed by atoms with Gasteiger partial charge in [0.1, 0.15) is 0 Å². The van der Waals surface area contributed by atoms with Crippen molar-refractivity contribution in [1.82, 2.24) is 19.6 Å². The van der Waals surface area contributed by atoms with E-state index >= 15 is 0 Å². The average Bonchev–Trinajstić information content (AvgIpc) is 2.81. The van der Waals surface area contributed by atoms with Crippen molar-refractivity contribution in [1.29, 1.82) is 0 Å². The Hall–Kier alpha value is -2.63. The molecule has 0 atom stereocenters. The van der Waals surface area contributed by atoms with Crippen LogP contribution >= 0.6 is 0 Å². The van der Waals surface area contributed by atoms with Gasteiger partial charge in [-0.3, -0.25) is 0 Å². The molecule has 0 radical (unpaired) electrons. The summed E-state index contributed by atoms with van der Waals surface area (Å²) in [6.45, 7) is 0. The second kappa shape index (κ2) is 3.99. The fourth-order valence-corrected chi connectivity index (χ4v) is 1.85. The maximum absolute atomic E-state index is 9.36. The van der Waals surface area contributed by atoms with Crippen molar-refractivity contribution in [3.8, 4) is 23.1 Å². The minimum absolute atomic E-state index is 0.275. The van der Waals surface area contributed by atoms with Crippen LogP contribution in [0.4, 0.5) is 0 Å². The lowest BCUT2D eigenvalue weighted by Gasteiger charge is -2.06. The van der Waals surface area contributed by atoms with Gasteiger partial charge >= 0.3 is 6.01 Å². The van der Waals surface area contributed by atoms with Crippen LogP contribution in [0.1, 0.15) is 0 Å². The molecule has 0 amide bonds. The summed E-state index contributed by atoms with van der Waals surface area (Å²) >= 11 is 0. The summed E-state index contributed by atoms with van der Waals surface area (Å²) < 4.78 is 6.82. The Balaban J connectivity index is 2.28. The molecule has 6 nitrogen and oxygen atoms in total. The standard InChI is InChI=1S/C12H10N4O2/c1-18-11-9(3-2-6-13-11)10-5-4-8-7-14-12(17)15-16(8)10/h2-7H,1H3,(H,15,17). The van der Waals surface area contributed by atoms with Gasteiger partial charge in [0.2, 0.25) is 5.88 Å². The summed E-state index contributed by atoms with van der Waals surface area (Å²) in [7, 11) is 1.56. The first-order valence-corrected chi connectivity index (χ1v) is 5.33. The molecule has 0 aliphatic heterocycles. The third-order valence-corrected chi connectivity index (χ3v) is 2.63. The van der Waals surface area contributed by atoms with Crippen LogP contribution in [-0.4, -0.2) is 31.8 Å². The van der Waals surface area contributed by atoms with Crippen molar-refractivity contribution >= 4 is 5.52 Å². The van der Waals surface area contributed by atoms with Crippen LogP contribution in [0, 0.1) is 0 Å². The van der Waals surface area contributed by atoms with Crippen LogP contribution in [0.25, 0.3) is 16.8 Å². The second-order valence-electron chi connectivity index (χ2n) is 3.67. The molecule has 0 aromatic carbocycles. The van der Waals surface area contributed by atoms with Gasteiger partial charge < -0.3 is 9.84 Å². The molecule has 3 aromatic rings. The lowest BCUT2D eigenvalue weighted by molar-refractivity contribution is 0.399. The average molecular weight is 242 g/mol. The summed E-state index contributed by atoms with van der Waals surface area (Å²) in [4.78, 5) is 7.87. The molecule has 3 heterocycles. The number of hydrogen-bond donors (Lipinski definition) is 1. The number of fused-ring (bicyclic) bond motifs is 1. The Kier molecular flexibility index (Phi) is 2.33. The monoisotopic (exact) mass is 242 g/mol. The number of aromatic hydroxyl groups is 1. The van der Waals surface area contributed by atoms with Gasteiger partial charge in [-0.2, -0.15) is 0 Å². The van der Waals surface area contributed by atoms with Gasteiger partial charge in [-0.25, -0.2) is 14.5 Å². The zero-order valence-electron chi connectivity index (χ0n) is 9.61. The topological polar surface area (TPSA) is 72.5 Å². The van der Waals surface area contributed by atoms with Crippen molar-refractivity contribution in [2.24, 2.45) is 0 Å². The van der Waals surface area contributed by atoms with E-state index in [4.69, 9.17) is 4.74 Å². The van der Waals surface area contributed by atoms with E-state index in [9.17, 15) is 5.11 Å². The first kappa shape index (κ1) is 10.5. The predicted octanol–water partition coefficient (Wildman–Crippen LogP) is 1.51. The molecular weight excluding hydrogens is 232 g/mol. The molecule has 0 unspecified atom stereocenters. The quantitative estimate of drug-likeness (QED) is 0.737. The summed E-state index contributed by atoms with van der Waals surface area (Å²) in [5.41, 5.74) is 2.37. The highest BCUT2D eigenvalue weighted by molar-refractivity contribution is 5.69. The highest BCUT2D eigenvalue weighted by atomic mass is 16.5. The number of ether oxygens (including phenoxy) is 1. The van der Waals surface area contributed by atoms with E-state index in [0.29, 0.717) is 5.88 Å². The van der Waals surface area contributed by atoms with Gasteiger partial charge in [0.25, 0.3) is 0 Å². The third-order valence-electron chi connectivity index (χ3n) is 2.63. The van der Waals surface area contributed by atoms with Crippen molar-refractivity contribution in [2.75, 3.05) is 7.11 Å². The molecular formula is C12H10N4O2. The van der Waals surface area contributed by atoms with Gasteiger partial charge in [-0.15, -0.1) is 5.10 Å². The smallest absolute Gasteiger partial charge is 0.331 e. The van der Waals surface area contributed by atoms with Gasteiger partial charge in [-0.1, -0.05) is 0 Å². The van der Waals surface area contributed by atoms with Crippen LogP contribution in [0.3, 0.4) is 0 Å². The fourth-order valence-electron chi connectivity index (χ4n) is 1.85. The largest absolute Gasteiger partial charge is 0.481 e. The fraction of sp³-hybridized carbons (Fsp3) is 0.0833. The van der Waals surface area contributed by atoms with Crippen LogP contribution in [0.15, 0.2) is 36.7 Å². The normalized spacial score (nSPS) is 10.7. The lowest BCUT2D eigenvalue weighted by Crippen LogP contribution is -1.97. The zero-order chi connectivity index (χ0) is 12.5. The van der Waals surface area contributed by atoms with E-state index in [0.717, 1.165) is 16.8 Å². The van der Waals surface area contributed by atoms with Crippen molar-refractivity contribution < 1.29 is 9.84 Å². The molecule has 90 valence electrons. The molecule has 3 aromatic heterocycles. The molecule has 0 fully saturated rings. The molecule has 0 saturated heterocycles. The van der Waals surface area contributed by atoms with Crippen LogP contribution in [-0.2, 0) is 0 Å². The van der Waals surface area contributed by atoms with Gasteiger partial charge in [0.15, 0.2) is 0 Å². The zero-order valence-corrected chi connectivity index (χ0v) is 9.61. The molecule has 0 bridgehead atoms. The highest BCUT2D eigenvalue weighted by Gasteiger charge is 2.12. The Morgan fingerprint density at radius 3 is 2.94 bits per heavy atom. The molecule has 0 saturated carbocycles. The maximum Gasteiger partial charge on any atom is 0.331 e. The number of hydrogen-bond acceptors (Lipinski definition) is 5. The Bertz CT molecular complexity index is 708. The summed E-state index contributed by atoms with van der Waals surface area (Å²) in [5.74, 6) is 0.510. The third kappa shape index (κ3) is 1.55. The van der Waals surface area contributed by atoms with E-state index in [1.807, 2.05) is 24.3 Å². The molecule has 6 heteroatoms. The predicted molar refractivity (Wildman–Crippen MR) is 64.4 cm³/mol. The molecule has 0 spiro atoms. The van der Waals surface area contributed by atoms with E-state index in [1.165, 1.54) is 0 Å². The molecule has 1 N–H and O–H groups in total. The molecule has 3 rings (SSSR count). The number of methoxy groups -OCH3 is 1. The van der Waals surface area contributed by atoms with Crippen LogP contribution in [0.5, 0.6) is 11.9 Å². The number of pyridine rings is 1. The van der Waals surface area contributed by atoms with Gasteiger partial charge in [-0.05, 0) is 24.3 Å². The molecule has 0 aliphatic rings. The minimum atomic E-state index is -0.275. The van der Waals surface area contributed by atoms with Crippen molar-refractivity contribution in [3.05, 3.63) is 36.7 Å². The molecule has 18 heavy (non-hydrogen) atoms. The first-order chi connectivity index (χ1) is 8.79. The van der Waals surface area contributed by atoms with Gasteiger partial charge in [0, 0.05) is 6.20 Å². The Labute approximate surface area is 103 Å². The Morgan fingerprint density at radius 2 is 2.11 bits per heavy atom. The van der Waals surface area contributed by atoms with Crippen molar-refractivity contribution in [3.63, 3.8) is 0 Å². The number of rotatable bonds is 2. The minimum Gasteiger partial charge on any atom is -0.481 e. The SMILES string of the molecule is COc1ncccc1-c1ccc2cnc(O)nn12. The van der Waals surface area contributed by atoms with E-state index in [1.54, 1.807) is 24.0 Å². The summed E-state index contributed by atoms with van der Waals surface area (Å²) in [6, 6.07) is 7.16. The summed E-state index contributed by atoms with van der Waals surface area (Å²) in [5, 5.41) is 13.3. The summed E-state index contributed by atoms with van der Waals surface area (Å²) in [6.07, 6.45) is 3.21. The number of aromatic nitrogens is 4. The van der Waals surface area contributed by atoms with E-state index in [-0.39, 0.29) is 6.01 Å². The van der Waals surface area contributed by atoms with Crippen molar-refractivity contribution in [2.45, 2.75) is 0 Å². The maximum atomic E-state index is 9.36. The first-order valence-electron chi connectivity index (χ1n) is 5.33. The van der Waals surface area contributed by atoms with Gasteiger partial charge in [0.05, 0.1) is 30.1 Å². The Morgan fingerprint density at radius 1 is 1.22 bits per heavy atom. The lowest BCUT2D eigenvalue weighted by atomic mass is 10.2. The van der Waals surface area contributed by atoms with E-state index in [2.05, 4.69) is 15.1 Å².